The van der Waals surface area contributed by atoms with Crippen molar-refractivity contribution in [3.05, 3.63) is 83.4 Å². The number of nitrogens with zero attached hydrogens (tertiary/aromatic N) is 1. The van der Waals surface area contributed by atoms with Crippen LogP contribution in [0.2, 0.25) is 0 Å². The van der Waals surface area contributed by atoms with Crippen LogP contribution >= 0.6 is 11.8 Å². The monoisotopic (exact) mass is 449 g/mol. The molecule has 0 aromatic heterocycles. The summed E-state index contributed by atoms with van der Waals surface area (Å²) in [5.74, 6) is -2.36. The number of hydrogen-bond acceptors (Lipinski definition) is 4. The van der Waals surface area contributed by atoms with Gasteiger partial charge in [0, 0.05) is 28.2 Å². The van der Waals surface area contributed by atoms with E-state index in [1.165, 1.54) is 23.8 Å². The molecule has 0 bridgehead atoms. The van der Waals surface area contributed by atoms with Crippen molar-refractivity contribution in [2.24, 2.45) is 0 Å². The fourth-order valence-corrected chi connectivity index (χ4v) is 4.67. The van der Waals surface area contributed by atoms with Gasteiger partial charge in [-0.3, -0.25) is 0 Å². The molecule has 0 saturated carbocycles. The maximum Gasteiger partial charge on any atom is 0.328 e. The van der Waals surface area contributed by atoms with Crippen LogP contribution in [-0.4, -0.2) is 47.2 Å². The zero-order valence-corrected chi connectivity index (χ0v) is 17.9. The number of benzene rings is 2. The number of piperidine rings is 1. The van der Waals surface area contributed by atoms with Crippen molar-refractivity contribution in [2.45, 2.75) is 23.3 Å². The zero-order valence-electron chi connectivity index (χ0n) is 17.1. The predicted octanol–water partition coefficient (Wildman–Crippen LogP) is 4.53. The van der Waals surface area contributed by atoms with Gasteiger partial charge in [0.1, 0.15) is 11.6 Å². The first-order valence-electron chi connectivity index (χ1n) is 9.68. The molecule has 1 aliphatic heterocycles. The van der Waals surface area contributed by atoms with Gasteiger partial charge in [-0.1, -0.05) is 30.3 Å². The molecule has 31 heavy (non-hydrogen) atoms. The molecule has 1 aliphatic rings. The summed E-state index contributed by atoms with van der Waals surface area (Å²) in [6.45, 7) is 1.80. The fraction of sp³-hybridized carbons (Fsp3) is 0.304. The Morgan fingerprint density at radius 3 is 2.16 bits per heavy atom. The largest absolute Gasteiger partial charge is 0.478 e. The van der Waals surface area contributed by atoms with E-state index in [1.807, 2.05) is 18.2 Å². The lowest BCUT2D eigenvalue weighted by Crippen LogP contribution is -2.39. The molecule has 166 valence electrons. The van der Waals surface area contributed by atoms with Crippen LogP contribution in [0.3, 0.4) is 0 Å². The summed E-state index contributed by atoms with van der Waals surface area (Å²) in [6, 6.07) is 14.0. The minimum absolute atomic E-state index is 0.295. The molecular formula is C23H25F2NO4S. The molecule has 0 radical (unpaired) electrons. The Balaban J connectivity index is 0.000000366. The first-order valence-corrected chi connectivity index (χ1v) is 10.7. The van der Waals surface area contributed by atoms with Gasteiger partial charge in [0.05, 0.1) is 0 Å². The Morgan fingerprint density at radius 1 is 1.03 bits per heavy atom. The highest BCUT2D eigenvalue weighted by Crippen LogP contribution is 2.47. The normalized spacial score (nSPS) is 15.8. The summed E-state index contributed by atoms with van der Waals surface area (Å²) >= 11 is 1.74. The van der Waals surface area contributed by atoms with Crippen molar-refractivity contribution in [1.82, 2.24) is 4.90 Å². The van der Waals surface area contributed by atoms with Crippen molar-refractivity contribution in [1.29, 1.82) is 0 Å². The molecule has 2 aromatic carbocycles. The molecule has 0 spiro atoms. The van der Waals surface area contributed by atoms with Crippen LogP contribution in [0.4, 0.5) is 8.78 Å². The standard InChI is InChI=1S/C19H21F2NS.C4H4O4/c1-22-11-9-19(10-12-22,17-13-16(20)7-8-18(17)21)23-14-15-5-3-2-4-6-15;5-3(6)1-2-4(7)8/h2-8,13H,9-12,14H2,1H3;1-2H,(H,5,6)(H,7,8). The van der Waals surface area contributed by atoms with Gasteiger partial charge in [0.2, 0.25) is 0 Å². The van der Waals surface area contributed by atoms with Gasteiger partial charge in [-0.25, -0.2) is 18.4 Å². The minimum atomic E-state index is -1.26. The number of halogens is 2. The van der Waals surface area contributed by atoms with Crippen molar-refractivity contribution >= 4 is 23.7 Å². The quantitative estimate of drug-likeness (QED) is 0.631. The van der Waals surface area contributed by atoms with Crippen LogP contribution in [-0.2, 0) is 20.1 Å². The van der Waals surface area contributed by atoms with Crippen LogP contribution in [0, 0.1) is 11.6 Å². The van der Waals surface area contributed by atoms with E-state index in [0.29, 0.717) is 17.7 Å². The van der Waals surface area contributed by atoms with Crippen molar-refractivity contribution < 1.29 is 28.6 Å². The predicted molar refractivity (Wildman–Crippen MR) is 117 cm³/mol. The summed E-state index contributed by atoms with van der Waals surface area (Å²) in [5.41, 5.74) is 1.74. The molecule has 0 amide bonds. The number of carboxylic acid groups (broad SMARTS) is 2. The van der Waals surface area contributed by atoms with E-state index in [0.717, 1.165) is 31.7 Å². The first-order chi connectivity index (χ1) is 14.7. The van der Waals surface area contributed by atoms with Crippen LogP contribution in [0.1, 0.15) is 24.0 Å². The Kier molecular flexibility index (Phi) is 9.21. The maximum absolute atomic E-state index is 14.4. The molecule has 0 unspecified atom stereocenters. The maximum atomic E-state index is 14.4. The molecule has 1 fully saturated rings. The number of carbonyl (C=O) groups is 2. The Labute approximate surface area is 184 Å². The smallest absolute Gasteiger partial charge is 0.328 e. The van der Waals surface area contributed by atoms with Crippen molar-refractivity contribution in [2.75, 3.05) is 20.1 Å². The molecule has 0 aliphatic carbocycles. The lowest BCUT2D eigenvalue weighted by Gasteiger charge is -2.41. The van der Waals surface area contributed by atoms with Gasteiger partial charge in [-0.15, -0.1) is 11.8 Å². The summed E-state index contributed by atoms with van der Waals surface area (Å²) in [4.78, 5) is 21.4. The molecular weight excluding hydrogens is 424 g/mol. The minimum Gasteiger partial charge on any atom is -0.478 e. The first kappa shape index (κ1) is 24.6. The van der Waals surface area contributed by atoms with E-state index < -0.39 is 11.9 Å². The van der Waals surface area contributed by atoms with E-state index in [1.54, 1.807) is 11.8 Å². The van der Waals surface area contributed by atoms with Crippen LogP contribution in [0.5, 0.6) is 0 Å². The van der Waals surface area contributed by atoms with Gasteiger partial charge < -0.3 is 15.1 Å². The molecule has 8 heteroatoms. The van der Waals surface area contributed by atoms with Gasteiger partial charge in [0.25, 0.3) is 0 Å². The van der Waals surface area contributed by atoms with Gasteiger partial charge in [-0.2, -0.15) is 0 Å². The van der Waals surface area contributed by atoms with E-state index in [4.69, 9.17) is 10.2 Å². The van der Waals surface area contributed by atoms with Crippen LogP contribution in [0.25, 0.3) is 0 Å². The van der Waals surface area contributed by atoms with Gasteiger partial charge in [-0.05, 0) is 56.7 Å². The zero-order chi connectivity index (χ0) is 22.9. The summed E-state index contributed by atoms with van der Waals surface area (Å²) in [5, 5.41) is 15.6. The average molecular weight is 450 g/mol. The summed E-state index contributed by atoms with van der Waals surface area (Å²) in [6.07, 6.45) is 2.79. The number of aliphatic carboxylic acids is 2. The van der Waals surface area contributed by atoms with Crippen molar-refractivity contribution in [3.8, 4) is 0 Å². The highest BCUT2D eigenvalue weighted by atomic mass is 32.2. The molecule has 1 heterocycles. The SMILES string of the molecule is CN1CCC(SCc2ccccc2)(c2cc(F)ccc2F)CC1.O=C(O)C=CC(=O)O. The van der Waals surface area contributed by atoms with E-state index in [9.17, 15) is 18.4 Å². The molecule has 3 rings (SSSR count). The second-order valence-corrected chi connectivity index (χ2v) is 8.56. The second-order valence-electron chi connectivity index (χ2n) is 7.21. The molecule has 0 atom stereocenters. The molecule has 2 aromatic rings. The van der Waals surface area contributed by atoms with E-state index in [2.05, 4.69) is 24.1 Å². The number of likely N-dealkylation sites (tertiary alicyclic amines) is 1. The number of carboxylic acids is 2. The summed E-state index contributed by atoms with van der Waals surface area (Å²) < 4.78 is 27.8. The Hall–Kier alpha value is -2.71. The highest BCUT2D eigenvalue weighted by molar-refractivity contribution is 7.99. The number of rotatable bonds is 6. The third-order valence-corrected chi connectivity index (χ3v) is 6.60. The third kappa shape index (κ3) is 7.80. The molecule has 2 N–H and O–H groups in total. The lowest BCUT2D eigenvalue weighted by molar-refractivity contribution is -0.134. The highest BCUT2D eigenvalue weighted by Gasteiger charge is 2.38. The summed E-state index contributed by atoms with van der Waals surface area (Å²) in [7, 11) is 2.08. The van der Waals surface area contributed by atoms with E-state index in [-0.39, 0.29) is 16.4 Å². The number of hydrogen-bond donors (Lipinski definition) is 2. The van der Waals surface area contributed by atoms with Gasteiger partial charge >= 0.3 is 11.9 Å². The van der Waals surface area contributed by atoms with Crippen molar-refractivity contribution in [3.63, 3.8) is 0 Å². The van der Waals surface area contributed by atoms with Crippen LogP contribution < -0.4 is 0 Å². The van der Waals surface area contributed by atoms with E-state index >= 15 is 0 Å². The Bertz CT molecular complexity index is 897. The average Bonchev–Trinajstić information content (AvgIpc) is 2.75. The topological polar surface area (TPSA) is 77.8 Å². The van der Waals surface area contributed by atoms with Crippen LogP contribution in [0.15, 0.2) is 60.7 Å². The Morgan fingerprint density at radius 2 is 1.61 bits per heavy atom. The second kappa shape index (κ2) is 11.6. The number of thioether (sulfide) groups is 1. The van der Waals surface area contributed by atoms with Gasteiger partial charge in [0.15, 0.2) is 0 Å². The third-order valence-electron chi connectivity index (χ3n) is 4.94. The molecule has 1 saturated heterocycles. The lowest BCUT2D eigenvalue weighted by atomic mass is 9.88. The molecule has 5 nitrogen and oxygen atoms in total. The fourth-order valence-electron chi connectivity index (χ4n) is 3.26.